The van der Waals surface area contributed by atoms with Crippen LogP contribution in [-0.2, 0) is 0 Å². The molecule has 0 aliphatic carbocycles. The Balaban J connectivity index is 0.000000200. The third-order valence-corrected chi connectivity index (χ3v) is 2.33. The summed E-state index contributed by atoms with van der Waals surface area (Å²) < 4.78 is 47.6. The maximum Gasteiger partial charge on any atom is 0.263 e. The summed E-state index contributed by atoms with van der Waals surface area (Å²) >= 11 is 0. The topological polar surface area (TPSA) is 52.0 Å². The van der Waals surface area contributed by atoms with Crippen molar-refractivity contribution in [3.05, 3.63) is 59.7 Å². The first-order chi connectivity index (χ1) is 9.40. The summed E-state index contributed by atoms with van der Waals surface area (Å²) in [5, 5.41) is 0. The van der Waals surface area contributed by atoms with Crippen LogP contribution in [0.15, 0.2) is 48.5 Å². The van der Waals surface area contributed by atoms with E-state index in [1.54, 1.807) is 12.1 Å². The quantitative estimate of drug-likeness (QED) is 0.634. The Morgan fingerprint density at radius 3 is 1.20 bits per heavy atom. The fraction of sp³-hybridized carbons (Fsp3) is 0.143. The molecular weight excluding hydrogens is 272 g/mol. The number of nitrogens with two attached hydrogens (primary N) is 2. The molecule has 0 aliphatic rings. The van der Waals surface area contributed by atoms with Gasteiger partial charge in [-0.1, -0.05) is 24.3 Å². The highest BCUT2D eigenvalue weighted by Crippen LogP contribution is 2.20. The average molecular weight is 286 g/mol. The van der Waals surface area contributed by atoms with Crippen LogP contribution in [-0.4, -0.2) is 0 Å². The highest BCUT2D eigenvalue weighted by Gasteiger charge is 2.05. The van der Waals surface area contributed by atoms with E-state index in [1.165, 1.54) is 36.4 Å². The Morgan fingerprint density at radius 2 is 1.00 bits per heavy atom. The summed E-state index contributed by atoms with van der Waals surface area (Å²) in [4.78, 5) is 0. The maximum atomic E-state index is 11.9. The first-order valence-electron chi connectivity index (χ1n) is 5.67. The number of hydrogen-bond acceptors (Lipinski definition) is 2. The Kier molecular flexibility index (Phi) is 5.83. The Hall–Kier alpha value is -2.24. The van der Waals surface area contributed by atoms with Crippen LogP contribution in [0.3, 0.4) is 0 Å². The van der Waals surface area contributed by atoms with Crippen molar-refractivity contribution in [2.75, 3.05) is 11.5 Å². The largest absolute Gasteiger partial charge is 0.399 e. The van der Waals surface area contributed by atoms with E-state index in [-0.39, 0.29) is 11.1 Å². The SMILES string of the molecule is Nc1cccc(C(F)F)c1.Nc1cccc(C(F)F)c1. The van der Waals surface area contributed by atoms with Gasteiger partial charge in [-0.3, -0.25) is 0 Å². The zero-order chi connectivity index (χ0) is 15.1. The van der Waals surface area contributed by atoms with Gasteiger partial charge < -0.3 is 11.5 Å². The maximum absolute atomic E-state index is 11.9. The molecule has 0 heterocycles. The van der Waals surface area contributed by atoms with Gasteiger partial charge in [-0.2, -0.15) is 0 Å². The Morgan fingerprint density at radius 1 is 0.650 bits per heavy atom. The van der Waals surface area contributed by atoms with Crippen LogP contribution in [0.4, 0.5) is 28.9 Å². The molecule has 0 amide bonds. The molecule has 108 valence electrons. The van der Waals surface area contributed by atoms with Crippen molar-refractivity contribution in [2.45, 2.75) is 12.9 Å². The van der Waals surface area contributed by atoms with Crippen molar-refractivity contribution in [3.63, 3.8) is 0 Å². The lowest BCUT2D eigenvalue weighted by Crippen LogP contribution is -1.87. The molecule has 0 saturated carbocycles. The number of alkyl halides is 4. The molecule has 2 aromatic rings. The molecule has 6 heteroatoms. The molecule has 2 rings (SSSR count). The number of halogens is 4. The molecular formula is C14H14F4N2. The fourth-order valence-corrected chi connectivity index (χ4v) is 1.39. The van der Waals surface area contributed by atoms with Gasteiger partial charge in [-0.25, -0.2) is 17.6 Å². The summed E-state index contributed by atoms with van der Waals surface area (Å²) in [6, 6.07) is 11.4. The lowest BCUT2D eigenvalue weighted by atomic mass is 10.2. The average Bonchev–Trinajstić information content (AvgIpc) is 2.39. The van der Waals surface area contributed by atoms with Crippen molar-refractivity contribution < 1.29 is 17.6 Å². The lowest BCUT2D eigenvalue weighted by Gasteiger charge is -1.98. The second kappa shape index (κ2) is 7.37. The summed E-state index contributed by atoms with van der Waals surface area (Å²) in [6.07, 6.45) is -4.85. The van der Waals surface area contributed by atoms with E-state index < -0.39 is 12.9 Å². The Bertz CT molecular complexity index is 495. The van der Waals surface area contributed by atoms with Gasteiger partial charge in [0, 0.05) is 22.5 Å². The van der Waals surface area contributed by atoms with E-state index in [9.17, 15) is 17.6 Å². The predicted molar refractivity (Wildman–Crippen MR) is 71.6 cm³/mol. The Labute approximate surface area is 114 Å². The molecule has 0 unspecified atom stereocenters. The van der Waals surface area contributed by atoms with Crippen LogP contribution in [0.5, 0.6) is 0 Å². The highest BCUT2D eigenvalue weighted by atomic mass is 19.3. The van der Waals surface area contributed by atoms with Gasteiger partial charge in [0.25, 0.3) is 12.9 Å². The van der Waals surface area contributed by atoms with Crippen LogP contribution in [0.2, 0.25) is 0 Å². The predicted octanol–water partition coefficient (Wildman–Crippen LogP) is 4.41. The summed E-state index contributed by atoms with van der Waals surface area (Å²) in [6.45, 7) is 0. The minimum absolute atomic E-state index is 0.0278. The molecule has 0 saturated heterocycles. The number of nitrogen functional groups attached to an aromatic ring is 2. The zero-order valence-corrected chi connectivity index (χ0v) is 10.4. The molecule has 0 atom stereocenters. The van der Waals surface area contributed by atoms with E-state index in [0.29, 0.717) is 11.4 Å². The van der Waals surface area contributed by atoms with Crippen molar-refractivity contribution in [2.24, 2.45) is 0 Å². The van der Waals surface area contributed by atoms with E-state index in [1.807, 2.05) is 0 Å². The van der Waals surface area contributed by atoms with Crippen molar-refractivity contribution in [1.29, 1.82) is 0 Å². The van der Waals surface area contributed by atoms with Crippen LogP contribution in [0.25, 0.3) is 0 Å². The minimum Gasteiger partial charge on any atom is -0.399 e. The van der Waals surface area contributed by atoms with Crippen molar-refractivity contribution in [3.8, 4) is 0 Å². The van der Waals surface area contributed by atoms with E-state index >= 15 is 0 Å². The first-order valence-corrected chi connectivity index (χ1v) is 5.67. The first kappa shape index (κ1) is 15.8. The van der Waals surface area contributed by atoms with Gasteiger partial charge >= 0.3 is 0 Å². The number of benzene rings is 2. The second-order valence-corrected chi connectivity index (χ2v) is 3.94. The molecule has 0 aromatic heterocycles. The van der Waals surface area contributed by atoms with Crippen molar-refractivity contribution in [1.82, 2.24) is 0 Å². The van der Waals surface area contributed by atoms with E-state index in [0.717, 1.165) is 0 Å². The third kappa shape index (κ3) is 5.17. The molecule has 2 aromatic carbocycles. The molecule has 20 heavy (non-hydrogen) atoms. The van der Waals surface area contributed by atoms with E-state index in [2.05, 4.69) is 0 Å². The standard InChI is InChI=1S/2C7H7F2N/c2*8-7(9)5-2-1-3-6(10)4-5/h2*1-4,7H,10H2. The summed E-state index contributed by atoms with van der Waals surface area (Å²) in [7, 11) is 0. The van der Waals surface area contributed by atoms with Gasteiger partial charge in [-0.05, 0) is 24.3 Å². The van der Waals surface area contributed by atoms with Crippen molar-refractivity contribution >= 4 is 11.4 Å². The molecule has 0 fully saturated rings. The van der Waals surface area contributed by atoms with E-state index in [4.69, 9.17) is 11.5 Å². The second-order valence-electron chi connectivity index (χ2n) is 3.94. The number of hydrogen-bond donors (Lipinski definition) is 2. The molecule has 4 N–H and O–H groups in total. The highest BCUT2D eigenvalue weighted by molar-refractivity contribution is 5.41. The van der Waals surface area contributed by atoms with Gasteiger partial charge in [0.05, 0.1) is 0 Å². The molecule has 0 aliphatic heterocycles. The normalized spacial score (nSPS) is 10.3. The third-order valence-electron chi connectivity index (χ3n) is 2.33. The van der Waals surface area contributed by atoms with Crippen LogP contribution < -0.4 is 11.5 Å². The number of anilines is 2. The van der Waals surface area contributed by atoms with Gasteiger partial charge in [0.15, 0.2) is 0 Å². The number of rotatable bonds is 2. The lowest BCUT2D eigenvalue weighted by molar-refractivity contribution is 0.151. The van der Waals surface area contributed by atoms with Gasteiger partial charge in [0.2, 0.25) is 0 Å². The van der Waals surface area contributed by atoms with Crippen LogP contribution in [0, 0.1) is 0 Å². The van der Waals surface area contributed by atoms with Crippen LogP contribution in [0.1, 0.15) is 24.0 Å². The van der Waals surface area contributed by atoms with Crippen LogP contribution >= 0.6 is 0 Å². The summed E-state index contributed by atoms with van der Waals surface area (Å²) in [5.74, 6) is 0. The summed E-state index contributed by atoms with van der Waals surface area (Å²) in [5.41, 5.74) is 11.2. The minimum atomic E-state index is -2.43. The molecule has 0 radical (unpaired) electrons. The molecule has 2 nitrogen and oxygen atoms in total. The van der Waals surface area contributed by atoms with Gasteiger partial charge in [0.1, 0.15) is 0 Å². The fourth-order valence-electron chi connectivity index (χ4n) is 1.39. The molecule has 0 spiro atoms. The monoisotopic (exact) mass is 286 g/mol. The van der Waals surface area contributed by atoms with Gasteiger partial charge in [-0.15, -0.1) is 0 Å². The molecule has 0 bridgehead atoms. The zero-order valence-electron chi connectivity index (χ0n) is 10.4. The smallest absolute Gasteiger partial charge is 0.263 e.